The average molecular weight is 288 g/mol. The number of hydrogen-bond acceptors (Lipinski definition) is 4. The molecule has 0 saturated carbocycles. The van der Waals surface area contributed by atoms with Gasteiger partial charge in [0.05, 0.1) is 0 Å². The first-order chi connectivity index (χ1) is 10.1. The molecule has 6 heteroatoms. The SMILES string of the molecule is O=C(O)C(=O)O.c1ccc(CNCc2ccncc2)cc1. The number of nitrogens with one attached hydrogen (secondary N) is 1. The van der Waals surface area contributed by atoms with Gasteiger partial charge in [0.2, 0.25) is 0 Å². The van der Waals surface area contributed by atoms with Gasteiger partial charge >= 0.3 is 11.9 Å². The Morgan fingerprint density at radius 3 is 1.81 bits per heavy atom. The van der Waals surface area contributed by atoms with Gasteiger partial charge in [0.25, 0.3) is 0 Å². The average Bonchev–Trinajstić information content (AvgIpc) is 2.50. The number of carboxylic acid groups (broad SMARTS) is 2. The minimum Gasteiger partial charge on any atom is -0.473 e. The Hall–Kier alpha value is -2.73. The topological polar surface area (TPSA) is 99.5 Å². The van der Waals surface area contributed by atoms with E-state index in [4.69, 9.17) is 19.8 Å². The van der Waals surface area contributed by atoms with Gasteiger partial charge in [-0.2, -0.15) is 0 Å². The van der Waals surface area contributed by atoms with Gasteiger partial charge in [0.1, 0.15) is 0 Å². The lowest BCUT2D eigenvalue weighted by Crippen LogP contribution is -2.12. The van der Waals surface area contributed by atoms with E-state index in [0.29, 0.717) is 0 Å². The highest BCUT2D eigenvalue weighted by atomic mass is 16.4. The van der Waals surface area contributed by atoms with Crippen molar-refractivity contribution >= 4 is 11.9 Å². The quantitative estimate of drug-likeness (QED) is 0.738. The monoisotopic (exact) mass is 288 g/mol. The lowest BCUT2D eigenvalue weighted by molar-refractivity contribution is -0.159. The number of aromatic nitrogens is 1. The summed E-state index contributed by atoms with van der Waals surface area (Å²) in [6.07, 6.45) is 3.64. The van der Waals surface area contributed by atoms with Gasteiger partial charge < -0.3 is 15.5 Å². The van der Waals surface area contributed by atoms with E-state index in [2.05, 4.69) is 34.6 Å². The Labute approximate surface area is 122 Å². The lowest BCUT2D eigenvalue weighted by atomic mass is 10.2. The van der Waals surface area contributed by atoms with Crippen molar-refractivity contribution in [2.45, 2.75) is 13.1 Å². The molecule has 0 unspecified atom stereocenters. The molecule has 2 rings (SSSR count). The summed E-state index contributed by atoms with van der Waals surface area (Å²) in [6, 6.07) is 14.5. The maximum Gasteiger partial charge on any atom is 0.414 e. The number of carboxylic acids is 2. The smallest absolute Gasteiger partial charge is 0.414 e. The first-order valence-corrected chi connectivity index (χ1v) is 6.19. The van der Waals surface area contributed by atoms with Crippen LogP contribution >= 0.6 is 0 Å². The van der Waals surface area contributed by atoms with E-state index < -0.39 is 11.9 Å². The summed E-state index contributed by atoms with van der Waals surface area (Å²) in [5.74, 6) is -3.65. The zero-order valence-corrected chi connectivity index (χ0v) is 11.3. The van der Waals surface area contributed by atoms with E-state index in [9.17, 15) is 0 Å². The number of pyridine rings is 1. The minimum atomic E-state index is -1.82. The van der Waals surface area contributed by atoms with Gasteiger partial charge in [-0.3, -0.25) is 4.98 Å². The van der Waals surface area contributed by atoms with Gasteiger partial charge in [-0.15, -0.1) is 0 Å². The Balaban J connectivity index is 0.000000315. The standard InChI is InChI=1S/C13H14N2.C2H2O4/c1-2-4-12(5-3-1)10-15-11-13-6-8-14-9-7-13;3-1(4)2(5)6/h1-9,15H,10-11H2;(H,3,4)(H,5,6). The summed E-state index contributed by atoms with van der Waals surface area (Å²) < 4.78 is 0. The molecule has 0 saturated heterocycles. The second-order valence-electron chi connectivity index (χ2n) is 4.05. The van der Waals surface area contributed by atoms with E-state index in [1.165, 1.54) is 11.1 Å². The van der Waals surface area contributed by atoms with Crippen molar-refractivity contribution in [1.82, 2.24) is 10.3 Å². The van der Waals surface area contributed by atoms with Crippen molar-refractivity contribution in [3.63, 3.8) is 0 Å². The Bertz CT molecular complexity index is 507. The Morgan fingerprint density at radius 1 is 0.857 bits per heavy atom. The second kappa shape index (κ2) is 9.22. The molecule has 0 aliphatic rings. The highest BCUT2D eigenvalue weighted by Crippen LogP contribution is 1.99. The molecular formula is C15H16N2O4. The fourth-order valence-electron chi connectivity index (χ4n) is 1.45. The summed E-state index contributed by atoms with van der Waals surface area (Å²) >= 11 is 0. The molecule has 0 aliphatic heterocycles. The number of nitrogens with zero attached hydrogens (tertiary/aromatic N) is 1. The summed E-state index contributed by atoms with van der Waals surface area (Å²) in [5, 5.41) is 18.2. The second-order valence-corrected chi connectivity index (χ2v) is 4.05. The zero-order chi connectivity index (χ0) is 15.5. The van der Waals surface area contributed by atoms with Gasteiger partial charge in [-0.05, 0) is 23.3 Å². The highest BCUT2D eigenvalue weighted by Gasteiger charge is 2.04. The van der Waals surface area contributed by atoms with Crippen molar-refractivity contribution in [1.29, 1.82) is 0 Å². The molecule has 0 fully saturated rings. The normalized spacial score (nSPS) is 9.33. The Morgan fingerprint density at radius 2 is 1.33 bits per heavy atom. The van der Waals surface area contributed by atoms with Crippen LogP contribution in [-0.4, -0.2) is 27.1 Å². The van der Waals surface area contributed by atoms with Crippen molar-refractivity contribution in [3.05, 3.63) is 66.0 Å². The zero-order valence-electron chi connectivity index (χ0n) is 11.3. The predicted molar refractivity (Wildman–Crippen MR) is 76.5 cm³/mol. The summed E-state index contributed by atoms with van der Waals surface area (Å²) in [6.45, 7) is 1.79. The Kier molecular flexibility index (Phi) is 7.17. The van der Waals surface area contributed by atoms with Gasteiger partial charge in [-0.25, -0.2) is 9.59 Å². The highest BCUT2D eigenvalue weighted by molar-refractivity contribution is 6.27. The third kappa shape index (κ3) is 7.44. The summed E-state index contributed by atoms with van der Waals surface area (Å²) in [5.41, 5.74) is 2.58. The number of benzene rings is 1. The van der Waals surface area contributed by atoms with Crippen LogP contribution in [0.15, 0.2) is 54.9 Å². The molecule has 6 nitrogen and oxygen atoms in total. The first-order valence-electron chi connectivity index (χ1n) is 6.19. The van der Waals surface area contributed by atoms with Gasteiger partial charge in [0, 0.05) is 25.5 Å². The van der Waals surface area contributed by atoms with Gasteiger partial charge in [0.15, 0.2) is 0 Å². The minimum absolute atomic E-state index is 0.886. The van der Waals surface area contributed by atoms with Crippen LogP contribution in [0.2, 0.25) is 0 Å². The largest absolute Gasteiger partial charge is 0.473 e. The molecule has 0 atom stereocenters. The molecule has 0 amide bonds. The molecule has 0 radical (unpaired) electrons. The van der Waals surface area contributed by atoms with E-state index in [1.54, 1.807) is 0 Å². The first kappa shape index (κ1) is 16.3. The molecule has 2 aromatic rings. The molecule has 0 aliphatic carbocycles. The summed E-state index contributed by atoms with van der Waals surface area (Å²) in [7, 11) is 0. The van der Waals surface area contributed by atoms with Gasteiger partial charge in [-0.1, -0.05) is 30.3 Å². The number of hydrogen-bond donors (Lipinski definition) is 3. The van der Waals surface area contributed by atoms with Crippen LogP contribution in [0.4, 0.5) is 0 Å². The van der Waals surface area contributed by atoms with Crippen molar-refractivity contribution in [2.75, 3.05) is 0 Å². The molecule has 21 heavy (non-hydrogen) atoms. The maximum absolute atomic E-state index is 9.10. The third-order valence-electron chi connectivity index (χ3n) is 2.43. The fraction of sp³-hybridized carbons (Fsp3) is 0.133. The number of carbonyl (C=O) groups is 2. The van der Waals surface area contributed by atoms with Crippen LogP contribution in [0, 0.1) is 0 Å². The van der Waals surface area contributed by atoms with Crippen LogP contribution < -0.4 is 5.32 Å². The summed E-state index contributed by atoms with van der Waals surface area (Å²) in [4.78, 5) is 22.2. The van der Waals surface area contributed by atoms with E-state index in [1.807, 2.05) is 30.6 Å². The maximum atomic E-state index is 9.10. The van der Waals surface area contributed by atoms with E-state index >= 15 is 0 Å². The third-order valence-corrected chi connectivity index (χ3v) is 2.43. The predicted octanol–water partition coefficient (Wildman–Crippen LogP) is 1.53. The molecule has 1 heterocycles. The number of rotatable bonds is 4. The molecule has 0 bridgehead atoms. The molecule has 1 aromatic carbocycles. The van der Waals surface area contributed by atoms with Crippen LogP contribution in [0.3, 0.4) is 0 Å². The molecular weight excluding hydrogens is 272 g/mol. The fourth-order valence-corrected chi connectivity index (χ4v) is 1.45. The van der Waals surface area contributed by atoms with Crippen molar-refractivity contribution in [2.24, 2.45) is 0 Å². The molecule has 1 aromatic heterocycles. The lowest BCUT2D eigenvalue weighted by Gasteiger charge is -2.04. The molecule has 110 valence electrons. The molecule has 3 N–H and O–H groups in total. The van der Waals surface area contributed by atoms with E-state index in [-0.39, 0.29) is 0 Å². The van der Waals surface area contributed by atoms with Crippen LogP contribution in [0.25, 0.3) is 0 Å². The van der Waals surface area contributed by atoms with Crippen molar-refractivity contribution in [3.8, 4) is 0 Å². The van der Waals surface area contributed by atoms with Crippen LogP contribution in [0.5, 0.6) is 0 Å². The van der Waals surface area contributed by atoms with E-state index in [0.717, 1.165) is 13.1 Å². The van der Waals surface area contributed by atoms with Crippen LogP contribution in [0.1, 0.15) is 11.1 Å². The number of aliphatic carboxylic acids is 2. The van der Waals surface area contributed by atoms with Crippen molar-refractivity contribution < 1.29 is 19.8 Å². The molecule has 0 spiro atoms. The van der Waals surface area contributed by atoms with Crippen LogP contribution in [-0.2, 0) is 22.7 Å².